The van der Waals surface area contributed by atoms with Crippen molar-refractivity contribution >= 4 is 11.6 Å². The van der Waals surface area contributed by atoms with Crippen molar-refractivity contribution < 1.29 is 4.79 Å². The number of nitrogens with zero attached hydrogens (tertiary/aromatic N) is 2. The van der Waals surface area contributed by atoms with Crippen molar-refractivity contribution in [1.82, 2.24) is 9.78 Å². The normalized spacial score (nSPS) is 10.5. The molecule has 5 nitrogen and oxygen atoms in total. The molecule has 0 aliphatic carbocycles. The van der Waals surface area contributed by atoms with Crippen LogP contribution in [0.4, 0.5) is 5.69 Å². The van der Waals surface area contributed by atoms with Gasteiger partial charge in [0.05, 0.1) is 5.69 Å². The summed E-state index contributed by atoms with van der Waals surface area (Å²) in [4.78, 5) is 24.6. The third kappa shape index (κ3) is 3.66. The molecule has 0 unspecified atom stereocenters. The first-order chi connectivity index (χ1) is 12.1. The summed E-state index contributed by atoms with van der Waals surface area (Å²) in [6.07, 6.45) is 2.51. The number of carbonyl (C=O) groups is 1. The number of hydrogen-bond acceptors (Lipinski definition) is 3. The Morgan fingerprint density at radius 3 is 2.48 bits per heavy atom. The zero-order valence-corrected chi connectivity index (χ0v) is 14.2. The fraction of sp³-hybridized carbons (Fsp3) is 0.150. The van der Waals surface area contributed by atoms with E-state index in [2.05, 4.69) is 17.3 Å². The van der Waals surface area contributed by atoms with Crippen LogP contribution in [0.15, 0.2) is 65.6 Å². The van der Waals surface area contributed by atoms with Gasteiger partial charge in [0.25, 0.3) is 5.91 Å². The zero-order chi connectivity index (χ0) is 17.8. The van der Waals surface area contributed by atoms with Crippen LogP contribution in [-0.2, 0) is 6.42 Å². The van der Waals surface area contributed by atoms with Crippen LogP contribution in [0.3, 0.4) is 0 Å². The van der Waals surface area contributed by atoms with Crippen LogP contribution in [0, 0.1) is 6.92 Å². The smallest absolute Gasteiger partial charge is 0.280 e. The number of para-hydroxylation sites is 1. The first kappa shape index (κ1) is 16.6. The molecular weight excluding hydrogens is 314 g/mol. The Hall–Kier alpha value is -3.21. The largest absolute Gasteiger partial charge is 0.320 e. The molecule has 0 saturated heterocycles. The van der Waals surface area contributed by atoms with Gasteiger partial charge < -0.3 is 5.32 Å². The van der Waals surface area contributed by atoms with Crippen molar-refractivity contribution in [2.24, 2.45) is 0 Å². The van der Waals surface area contributed by atoms with Gasteiger partial charge in [0.15, 0.2) is 5.69 Å². The Morgan fingerprint density at radius 1 is 1.08 bits per heavy atom. The molecule has 2 aromatic carbocycles. The van der Waals surface area contributed by atoms with Crippen LogP contribution in [0.2, 0.25) is 0 Å². The van der Waals surface area contributed by atoms with Gasteiger partial charge in [-0.15, -0.1) is 0 Å². The van der Waals surface area contributed by atoms with E-state index in [4.69, 9.17) is 0 Å². The highest BCUT2D eigenvalue weighted by Crippen LogP contribution is 2.14. The Morgan fingerprint density at radius 2 is 1.80 bits per heavy atom. The number of nitrogens with one attached hydrogen (secondary N) is 1. The molecule has 5 heteroatoms. The molecule has 0 bridgehead atoms. The summed E-state index contributed by atoms with van der Waals surface area (Å²) in [5, 5.41) is 6.97. The minimum atomic E-state index is -0.515. The molecule has 1 heterocycles. The molecule has 0 radical (unpaired) electrons. The molecule has 0 atom stereocenters. The second-order valence-electron chi connectivity index (χ2n) is 5.76. The maximum Gasteiger partial charge on any atom is 0.280 e. The van der Waals surface area contributed by atoms with Crippen molar-refractivity contribution in [2.75, 3.05) is 5.32 Å². The molecule has 0 spiro atoms. The van der Waals surface area contributed by atoms with Crippen LogP contribution in [0.1, 0.15) is 28.5 Å². The number of carbonyl (C=O) groups excluding carboxylic acids is 1. The van der Waals surface area contributed by atoms with Gasteiger partial charge in [0, 0.05) is 18.0 Å². The Labute approximate surface area is 145 Å². The van der Waals surface area contributed by atoms with E-state index in [0.717, 1.165) is 17.7 Å². The Bertz CT molecular complexity index is 959. The minimum absolute atomic E-state index is 0.134. The highest BCUT2D eigenvalue weighted by molar-refractivity contribution is 6.03. The maximum atomic E-state index is 12.5. The van der Waals surface area contributed by atoms with Crippen LogP contribution in [0.5, 0.6) is 0 Å². The SMILES string of the molecule is CCc1ccc(-n2ccc(=O)c(C(=O)Nc3ccccc3C)n2)cc1. The van der Waals surface area contributed by atoms with Gasteiger partial charge in [-0.1, -0.05) is 37.3 Å². The molecule has 3 rings (SSSR count). The summed E-state index contributed by atoms with van der Waals surface area (Å²) in [6.45, 7) is 3.97. The average molecular weight is 333 g/mol. The van der Waals surface area contributed by atoms with E-state index >= 15 is 0 Å². The quantitative estimate of drug-likeness (QED) is 0.796. The van der Waals surface area contributed by atoms with Crippen molar-refractivity contribution in [1.29, 1.82) is 0 Å². The van der Waals surface area contributed by atoms with E-state index < -0.39 is 11.3 Å². The first-order valence-corrected chi connectivity index (χ1v) is 8.15. The highest BCUT2D eigenvalue weighted by atomic mass is 16.2. The fourth-order valence-electron chi connectivity index (χ4n) is 2.49. The number of benzene rings is 2. The molecule has 1 aromatic heterocycles. The molecule has 3 aromatic rings. The van der Waals surface area contributed by atoms with E-state index in [1.54, 1.807) is 12.3 Å². The lowest BCUT2D eigenvalue weighted by molar-refractivity contribution is 0.101. The molecule has 0 saturated carbocycles. The number of rotatable bonds is 4. The third-order valence-electron chi connectivity index (χ3n) is 4.03. The van der Waals surface area contributed by atoms with Crippen molar-refractivity contribution in [3.8, 4) is 5.69 Å². The second kappa shape index (κ2) is 7.13. The van der Waals surface area contributed by atoms with Gasteiger partial charge in [-0.25, -0.2) is 4.68 Å². The third-order valence-corrected chi connectivity index (χ3v) is 4.03. The molecule has 0 aliphatic heterocycles. The van der Waals surface area contributed by atoms with E-state index in [1.165, 1.54) is 16.3 Å². The molecule has 0 fully saturated rings. The number of anilines is 1. The van der Waals surface area contributed by atoms with Crippen molar-refractivity contribution in [2.45, 2.75) is 20.3 Å². The van der Waals surface area contributed by atoms with Crippen LogP contribution >= 0.6 is 0 Å². The van der Waals surface area contributed by atoms with Gasteiger partial charge >= 0.3 is 0 Å². The van der Waals surface area contributed by atoms with E-state index in [1.807, 2.05) is 49.4 Å². The monoisotopic (exact) mass is 333 g/mol. The predicted octanol–water partition coefficient (Wildman–Crippen LogP) is 3.36. The fourth-order valence-corrected chi connectivity index (χ4v) is 2.49. The Balaban J connectivity index is 1.92. The molecule has 126 valence electrons. The summed E-state index contributed by atoms with van der Waals surface area (Å²) in [5.74, 6) is -0.515. The van der Waals surface area contributed by atoms with E-state index in [-0.39, 0.29) is 5.69 Å². The molecule has 0 aliphatic rings. The first-order valence-electron chi connectivity index (χ1n) is 8.15. The van der Waals surface area contributed by atoms with Gasteiger partial charge in [0.1, 0.15) is 0 Å². The molecular formula is C20H19N3O2. The summed E-state index contributed by atoms with van der Waals surface area (Å²) in [5.41, 5.74) is 3.04. The van der Waals surface area contributed by atoms with Gasteiger partial charge in [0.2, 0.25) is 5.43 Å². The van der Waals surface area contributed by atoms with E-state index in [9.17, 15) is 9.59 Å². The maximum absolute atomic E-state index is 12.5. The standard InChI is InChI=1S/C20H19N3O2/c1-3-15-8-10-16(11-9-15)23-13-12-18(24)19(22-23)20(25)21-17-7-5-4-6-14(17)2/h4-13H,3H2,1-2H3,(H,21,25). The molecule has 25 heavy (non-hydrogen) atoms. The second-order valence-corrected chi connectivity index (χ2v) is 5.76. The highest BCUT2D eigenvalue weighted by Gasteiger charge is 2.14. The number of aryl methyl sites for hydroxylation is 2. The Kier molecular flexibility index (Phi) is 4.75. The van der Waals surface area contributed by atoms with Crippen LogP contribution in [0.25, 0.3) is 5.69 Å². The van der Waals surface area contributed by atoms with Gasteiger partial charge in [-0.3, -0.25) is 9.59 Å². The topological polar surface area (TPSA) is 64.0 Å². The number of amides is 1. The lowest BCUT2D eigenvalue weighted by atomic mass is 10.1. The summed E-state index contributed by atoms with van der Waals surface area (Å²) in [7, 11) is 0. The lowest BCUT2D eigenvalue weighted by Crippen LogP contribution is -2.25. The molecule has 1 amide bonds. The van der Waals surface area contributed by atoms with Crippen LogP contribution in [-0.4, -0.2) is 15.7 Å². The van der Waals surface area contributed by atoms with Crippen molar-refractivity contribution in [3.63, 3.8) is 0 Å². The summed E-state index contributed by atoms with van der Waals surface area (Å²) in [6, 6.07) is 16.6. The van der Waals surface area contributed by atoms with Gasteiger partial charge in [-0.2, -0.15) is 5.10 Å². The summed E-state index contributed by atoms with van der Waals surface area (Å²) >= 11 is 0. The zero-order valence-electron chi connectivity index (χ0n) is 14.2. The predicted molar refractivity (Wildman–Crippen MR) is 98.3 cm³/mol. The number of aromatic nitrogens is 2. The van der Waals surface area contributed by atoms with Crippen molar-refractivity contribution in [3.05, 3.63) is 87.8 Å². The average Bonchev–Trinajstić information content (AvgIpc) is 2.64. The number of hydrogen-bond donors (Lipinski definition) is 1. The molecule has 1 N–H and O–H groups in total. The van der Waals surface area contributed by atoms with Gasteiger partial charge in [-0.05, 0) is 42.7 Å². The van der Waals surface area contributed by atoms with Crippen LogP contribution < -0.4 is 10.7 Å². The minimum Gasteiger partial charge on any atom is -0.320 e. The lowest BCUT2D eigenvalue weighted by Gasteiger charge is -2.10. The van der Waals surface area contributed by atoms with E-state index in [0.29, 0.717) is 5.69 Å². The summed E-state index contributed by atoms with van der Waals surface area (Å²) < 4.78 is 1.54.